The molecule has 0 aliphatic rings. The van der Waals surface area contributed by atoms with Gasteiger partial charge in [0.25, 0.3) is 0 Å². The van der Waals surface area contributed by atoms with Crippen molar-refractivity contribution in [3.63, 3.8) is 0 Å². The van der Waals surface area contributed by atoms with Crippen molar-refractivity contribution in [2.24, 2.45) is 0 Å². The maximum Gasteiger partial charge on any atom is 0.393 e. The molecule has 1 N–H and O–H groups in total. The molecule has 102 valence electrons. The summed E-state index contributed by atoms with van der Waals surface area (Å²) in [6.07, 6.45) is -5.01. The normalized spacial score (nSPS) is 14.0. The van der Waals surface area contributed by atoms with Gasteiger partial charge in [-0.05, 0) is 30.5 Å². The maximum absolute atomic E-state index is 12.4. The fourth-order valence-corrected chi connectivity index (χ4v) is 2.17. The van der Waals surface area contributed by atoms with Crippen LogP contribution in [0.4, 0.5) is 13.2 Å². The van der Waals surface area contributed by atoms with E-state index in [4.69, 9.17) is 0 Å². The molecule has 1 aromatic rings. The highest BCUT2D eigenvalue weighted by atomic mass is 19.4. The Labute approximate surface area is 106 Å². The highest BCUT2D eigenvalue weighted by Gasteiger charge is 2.28. The first kappa shape index (κ1) is 15.0. The molecule has 0 heterocycles. The minimum Gasteiger partial charge on any atom is -0.308 e. The lowest BCUT2D eigenvalue weighted by molar-refractivity contribution is -0.127. The number of nitrogens with one attached hydrogen (secondary N) is 1. The molecule has 1 nitrogen and oxygen atoms in total. The third-order valence-electron chi connectivity index (χ3n) is 2.93. The van der Waals surface area contributed by atoms with Gasteiger partial charge in [0, 0.05) is 12.1 Å². The predicted molar refractivity (Wildman–Crippen MR) is 67.6 cm³/mol. The van der Waals surface area contributed by atoms with Crippen molar-refractivity contribution in [1.82, 2.24) is 5.32 Å². The number of hydrogen-bond donors (Lipinski definition) is 1. The van der Waals surface area contributed by atoms with E-state index >= 15 is 0 Å². The molecule has 0 aliphatic heterocycles. The van der Waals surface area contributed by atoms with Crippen LogP contribution < -0.4 is 5.32 Å². The molecule has 1 aromatic carbocycles. The van der Waals surface area contributed by atoms with Crippen molar-refractivity contribution in [3.05, 3.63) is 34.9 Å². The van der Waals surface area contributed by atoms with Gasteiger partial charge in [0.1, 0.15) is 0 Å². The quantitative estimate of drug-likeness (QED) is 0.856. The molecule has 0 unspecified atom stereocenters. The average molecular weight is 259 g/mol. The number of rotatable bonds is 4. The summed E-state index contributed by atoms with van der Waals surface area (Å²) in [5, 5.41) is 3.31. The lowest BCUT2D eigenvalue weighted by Crippen LogP contribution is -2.27. The Morgan fingerprint density at radius 2 is 1.78 bits per heavy atom. The summed E-state index contributed by atoms with van der Waals surface area (Å²) in [5.41, 5.74) is 2.03. The number of alkyl halides is 3. The zero-order valence-electron chi connectivity index (χ0n) is 11.2. The molecular weight excluding hydrogens is 239 g/mol. The van der Waals surface area contributed by atoms with E-state index in [1.54, 1.807) is 19.1 Å². The van der Waals surface area contributed by atoms with Crippen molar-refractivity contribution >= 4 is 0 Å². The van der Waals surface area contributed by atoms with Gasteiger partial charge in [0.2, 0.25) is 0 Å². The van der Waals surface area contributed by atoms with E-state index in [9.17, 15) is 13.2 Å². The molecule has 0 bridgehead atoms. The molecule has 1 rings (SSSR count). The molecule has 0 aliphatic carbocycles. The second-order valence-electron chi connectivity index (χ2n) is 4.97. The van der Waals surface area contributed by atoms with Crippen molar-refractivity contribution in [2.75, 3.05) is 0 Å². The van der Waals surface area contributed by atoms with Gasteiger partial charge in [-0.1, -0.05) is 32.0 Å². The molecule has 18 heavy (non-hydrogen) atoms. The van der Waals surface area contributed by atoms with E-state index in [-0.39, 0.29) is 6.04 Å². The molecule has 4 heteroatoms. The second-order valence-corrected chi connectivity index (χ2v) is 4.97. The van der Waals surface area contributed by atoms with E-state index in [0.717, 1.165) is 11.1 Å². The van der Waals surface area contributed by atoms with Crippen LogP contribution in [0.25, 0.3) is 0 Å². The Hall–Kier alpha value is -1.03. The summed E-state index contributed by atoms with van der Waals surface area (Å²) in [6, 6.07) is 5.48. The number of halogens is 3. The van der Waals surface area contributed by atoms with Gasteiger partial charge in [-0.15, -0.1) is 0 Å². The van der Waals surface area contributed by atoms with Gasteiger partial charge >= 0.3 is 6.18 Å². The zero-order valence-corrected chi connectivity index (χ0v) is 11.2. The zero-order chi connectivity index (χ0) is 13.9. The van der Waals surface area contributed by atoms with E-state index in [0.29, 0.717) is 11.6 Å². The van der Waals surface area contributed by atoms with Gasteiger partial charge in [-0.2, -0.15) is 13.2 Å². The lowest BCUT2D eigenvalue weighted by Gasteiger charge is -2.21. The van der Waals surface area contributed by atoms with Gasteiger partial charge in [0.15, 0.2) is 0 Å². The molecule has 0 radical (unpaired) electrons. The molecule has 0 amide bonds. The average Bonchev–Trinajstić information content (AvgIpc) is 2.18. The van der Waals surface area contributed by atoms with Crippen molar-refractivity contribution in [1.29, 1.82) is 0 Å². The van der Waals surface area contributed by atoms with E-state index in [1.807, 2.05) is 26.8 Å². The van der Waals surface area contributed by atoms with Crippen molar-refractivity contribution < 1.29 is 13.2 Å². The molecule has 0 spiro atoms. The first-order chi connectivity index (χ1) is 8.20. The summed E-state index contributed by atoms with van der Waals surface area (Å²) in [7, 11) is 0. The van der Waals surface area contributed by atoms with E-state index in [1.165, 1.54) is 0 Å². The largest absolute Gasteiger partial charge is 0.393 e. The van der Waals surface area contributed by atoms with Crippen LogP contribution in [0.1, 0.15) is 43.5 Å². The fourth-order valence-electron chi connectivity index (χ4n) is 2.17. The molecule has 1 atom stereocenters. The first-order valence-electron chi connectivity index (χ1n) is 6.12. The minimum absolute atomic E-state index is 0.0539. The monoisotopic (exact) mass is 259 g/mol. The molecule has 0 saturated heterocycles. The van der Waals surface area contributed by atoms with Crippen LogP contribution in [-0.2, 0) is 6.42 Å². The van der Waals surface area contributed by atoms with Crippen LogP contribution in [0.5, 0.6) is 0 Å². The summed E-state index contributed by atoms with van der Waals surface area (Å²) >= 11 is 0. The summed E-state index contributed by atoms with van der Waals surface area (Å²) < 4.78 is 37.3. The Morgan fingerprint density at radius 1 is 1.17 bits per heavy atom. The molecule has 0 fully saturated rings. The van der Waals surface area contributed by atoms with Crippen molar-refractivity contribution in [3.8, 4) is 0 Å². The van der Waals surface area contributed by atoms with Crippen LogP contribution >= 0.6 is 0 Å². The Balaban J connectivity index is 2.98. The van der Waals surface area contributed by atoms with Gasteiger partial charge < -0.3 is 5.32 Å². The Bertz CT molecular complexity index is 397. The second kappa shape index (κ2) is 5.74. The molecule has 0 saturated carbocycles. The van der Waals surface area contributed by atoms with Crippen LogP contribution in [-0.4, -0.2) is 12.2 Å². The third-order valence-corrected chi connectivity index (χ3v) is 2.93. The van der Waals surface area contributed by atoms with E-state index in [2.05, 4.69) is 5.32 Å². The highest BCUT2D eigenvalue weighted by Crippen LogP contribution is 2.27. The Morgan fingerprint density at radius 3 is 2.28 bits per heavy atom. The summed E-state index contributed by atoms with van der Waals surface area (Å²) in [6.45, 7) is 7.77. The van der Waals surface area contributed by atoms with Gasteiger partial charge in [0.05, 0.1) is 6.42 Å². The minimum atomic E-state index is -4.15. The molecule has 0 aromatic heterocycles. The third kappa shape index (κ3) is 4.33. The summed E-state index contributed by atoms with van der Waals surface area (Å²) in [5.74, 6) is 0. The standard InChI is InChI=1S/C14H20F3N/c1-9(2)18-11(4)13-7-5-6-12(10(13)3)8-14(15,16)17/h5-7,9,11,18H,8H2,1-4H3/t11-/m1/s1. The van der Waals surface area contributed by atoms with E-state index < -0.39 is 12.6 Å². The van der Waals surface area contributed by atoms with Crippen LogP contribution in [0.3, 0.4) is 0 Å². The summed E-state index contributed by atoms with van der Waals surface area (Å²) in [4.78, 5) is 0. The lowest BCUT2D eigenvalue weighted by atomic mass is 9.95. The van der Waals surface area contributed by atoms with Gasteiger partial charge in [-0.25, -0.2) is 0 Å². The van der Waals surface area contributed by atoms with Gasteiger partial charge in [-0.3, -0.25) is 0 Å². The molecular formula is C14H20F3N. The smallest absolute Gasteiger partial charge is 0.308 e. The predicted octanol–water partition coefficient (Wildman–Crippen LogP) is 4.16. The first-order valence-corrected chi connectivity index (χ1v) is 6.12. The fraction of sp³-hybridized carbons (Fsp3) is 0.571. The van der Waals surface area contributed by atoms with Crippen LogP contribution in [0.15, 0.2) is 18.2 Å². The van der Waals surface area contributed by atoms with Crippen LogP contribution in [0, 0.1) is 6.92 Å². The highest BCUT2D eigenvalue weighted by molar-refractivity contribution is 5.36. The topological polar surface area (TPSA) is 12.0 Å². The maximum atomic E-state index is 12.4. The Kier molecular flexibility index (Phi) is 4.79. The SMILES string of the molecule is Cc1c(CC(F)(F)F)cccc1[C@@H](C)NC(C)C. The van der Waals surface area contributed by atoms with Crippen LogP contribution in [0.2, 0.25) is 0 Å². The number of hydrogen-bond acceptors (Lipinski definition) is 1. The van der Waals surface area contributed by atoms with Crippen molar-refractivity contribution in [2.45, 2.75) is 52.4 Å². The number of benzene rings is 1.